The number of rotatable bonds is 3. The molecule has 5 heteroatoms. The van der Waals surface area contributed by atoms with E-state index in [1.807, 2.05) is 0 Å². The average molecular weight is 327 g/mol. The van der Waals surface area contributed by atoms with Crippen molar-refractivity contribution < 1.29 is 4.39 Å². The SMILES string of the molecule is Fc1cc2c(cc1Cl)nc(CCl)n2CC1CC2CCC1C2. The molecule has 21 heavy (non-hydrogen) atoms. The lowest BCUT2D eigenvalue weighted by atomic mass is 9.89. The van der Waals surface area contributed by atoms with Crippen LogP contribution in [0.1, 0.15) is 31.5 Å². The van der Waals surface area contributed by atoms with Crippen molar-refractivity contribution in [3.8, 4) is 0 Å². The Morgan fingerprint density at radius 3 is 2.81 bits per heavy atom. The molecule has 0 aliphatic heterocycles. The molecule has 2 fully saturated rings. The highest BCUT2D eigenvalue weighted by molar-refractivity contribution is 6.31. The van der Waals surface area contributed by atoms with E-state index in [1.165, 1.54) is 31.7 Å². The first-order valence-corrected chi connectivity index (χ1v) is 8.47. The lowest BCUT2D eigenvalue weighted by Gasteiger charge is -2.23. The number of aromatic nitrogens is 2. The normalized spacial score (nSPS) is 27.9. The fourth-order valence-electron chi connectivity index (χ4n) is 4.31. The number of hydrogen-bond donors (Lipinski definition) is 0. The van der Waals surface area contributed by atoms with E-state index in [9.17, 15) is 4.39 Å². The molecule has 3 atom stereocenters. The summed E-state index contributed by atoms with van der Waals surface area (Å²) in [5, 5.41) is 0.119. The molecule has 1 heterocycles. The minimum Gasteiger partial charge on any atom is -0.327 e. The standard InChI is InChI=1S/C16H17Cl2FN2/c17-7-16-20-14-5-12(18)13(19)6-15(14)21(16)8-11-4-9-1-2-10(11)3-9/h5-6,9-11H,1-4,7-8H2. The molecule has 112 valence electrons. The Bertz CT molecular complexity index is 697. The fourth-order valence-corrected chi connectivity index (χ4v) is 4.67. The zero-order valence-electron chi connectivity index (χ0n) is 11.7. The van der Waals surface area contributed by atoms with E-state index in [-0.39, 0.29) is 10.8 Å². The molecule has 0 N–H and O–H groups in total. The quantitative estimate of drug-likeness (QED) is 0.725. The van der Waals surface area contributed by atoms with Crippen LogP contribution >= 0.6 is 23.2 Å². The predicted octanol–water partition coefficient (Wildman–Crippen LogP) is 5.00. The Morgan fingerprint density at radius 1 is 1.29 bits per heavy atom. The fraction of sp³-hybridized carbons (Fsp3) is 0.562. The maximum Gasteiger partial charge on any atom is 0.144 e. The van der Waals surface area contributed by atoms with Gasteiger partial charge >= 0.3 is 0 Å². The van der Waals surface area contributed by atoms with Gasteiger partial charge in [-0.15, -0.1) is 11.6 Å². The van der Waals surface area contributed by atoms with Crippen molar-refractivity contribution in [2.24, 2.45) is 17.8 Å². The number of benzene rings is 1. The highest BCUT2D eigenvalue weighted by atomic mass is 35.5. The molecule has 0 saturated heterocycles. The minimum atomic E-state index is -0.389. The number of halogens is 3. The summed E-state index contributed by atoms with van der Waals surface area (Å²) < 4.78 is 15.9. The molecule has 4 rings (SSSR count). The number of fused-ring (bicyclic) bond motifs is 3. The van der Waals surface area contributed by atoms with Crippen molar-refractivity contribution in [3.63, 3.8) is 0 Å². The third-order valence-corrected chi connectivity index (χ3v) is 5.82. The van der Waals surface area contributed by atoms with Gasteiger partial charge in [0.05, 0.1) is 21.9 Å². The van der Waals surface area contributed by atoms with Gasteiger partial charge in [-0.1, -0.05) is 18.0 Å². The summed E-state index contributed by atoms with van der Waals surface area (Å²) in [6, 6.07) is 3.09. The summed E-state index contributed by atoms with van der Waals surface area (Å²) in [6.45, 7) is 0.904. The first kappa shape index (κ1) is 13.8. The number of hydrogen-bond acceptors (Lipinski definition) is 1. The van der Waals surface area contributed by atoms with Gasteiger partial charge in [0.1, 0.15) is 11.6 Å². The first-order valence-electron chi connectivity index (χ1n) is 7.56. The van der Waals surface area contributed by atoms with Crippen molar-refractivity contribution in [1.82, 2.24) is 9.55 Å². The van der Waals surface area contributed by atoms with Crippen molar-refractivity contribution in [1.29, 1.82) is 0 Å². The zero-order valence-corrected chi connectivity index (χ0v) is 13.2. The lowest BCUT2D eigenvalue weighted by molar-refractivity contribution is 0.296. The third-order valence-electron chi connectivity index (χ3n) is 5.29. The Kier molecular flexibility index (Phi) is 3.38. The minimum absolute atomic E-state index is 0.119. The maximum absolute atomic E-state index is 13.8. The lowest BCUT2D eigenvalue weighted by Crippen LogP contribution is -2.18. The zero-order chi connectivity index (χ0) is 14.6. The molecule has 2 saturated carbocycles. The van der Waals surface area contributed by atoms with Gasteiger partial charge in [-0.3, -0.25) is 0 Å². The maximum atomic E-state index is 13.8. The van der Waals surface area contributed by atoms with Crippen LogP contribution in [0.15, 0.2) is 12.1 Å². The molecule has 0 spiro atoms. The number of alkyl halides is 1. The topological polar surface area (TPSA) is 17.8 Å². The van der Waals surface area contributed by atoms with Crippen LogP contribution in [0.5, 0.6) is 0 Å². The third kappa shape index (κ3) is 2.25. The Morgan fingerprint density at radius 2 is 2.14 bits per heavy atom. The van der Waals surface area contributed by atoms with Gasteiger partial charge in [0.2, 0.25) is 0 Å². The second-order valence-corrected chi connectivity index (χ2v) is 7.14. The summed E-state index contributed by atoms with van der Waals surface area (Å²) in [6.07, 6.45) is 5.40. The summed E-state index contributed by atoms with van der Waals surface area (Å²) in [5.74, 6) is 3.18. The Hall–Kier alpha value is -0.800. The summed E-state index contributed by atoms with van der Waals surface area (Å²) in [5.41, 5.74) is 1.55. The van der Waals surface area contributed by atoms with Gasteiger partial charge in [-0.2, -0.15) is 0 Å². The van der Waals surface area contributed by atoms with Crippen LogP contribution in [0, 0.1) is 23.6 Å². The van der Waals surface area contributed by atoms with Gasteiger partial charge in [0.15, 0.2) is 0 Å². The van der Waals surface area contributed by atoms with E-state index in [0.717, 1.165) is 35.2 Å². The van der Waals surface area contributed by atoms with Crippen LogP contribution in [0.25, 0.3) is 11.0 Å². The highest BCUT2D eigenvalue weighted by Crippen LogP contribution is 2.49. The van der Waals surface area contributed by atoms with Gasteiger partial charge in [-0.25, -0.2) is 9.37 Å². The smallest absolute Gasteiger partial charge is 0.144 e. The van der Waals surface area contributed by atoms with Crippen molar-refractivity contribution >= 4 is 34.2 Å². The first-order chi connectivity index (χ1) is 10.2. The van der Waals surface area contributed by atoms with Crippen molar-refractivity contribution in [2.75, 3.05) is 0 Å². The molecule has 1 aromatic heterocycles. The van der Waals surface area contributed by atoms with Crippen LogP contribution in [0.4, 0.5) is 4.39 Å². The van der Waals surface area contributed by atoms with E-state index in [2.05, 4.69) is 9.55 Å². The molecule has 3 unspecified atom stereocenters. The van der Waals surface area contributed by atoms with Crippen LogP contribution < -0.4 is 0 Å². The molecule has 0 radical (unpaired) electrons. The van der Waals surface area contributed by atoms with Crippen LogP contribution in [0.3, 0.4) is 0 Å². The molecule has 1 aromatic carbocycles. The van der Waals surface area contributed by atoms with E-state index in [1.54, 1.807) is 6.07 Å². The molecule has 2 aliphatic rings. The van der Waals surface area contributed by atoms with Crippen molar-refractivity contribution in [3.05, 3.63) is 28.8 Å². The van der Waals surface area contributed by atoms with Gasteiger partial charge in [0.25, 0.3) is 0 Å². The van der Waals surface area contributed by atoms with E-state index in [0.29, 0.717) is 11.8 Å². The molecule has 2 nitrogen and oxygen atoms in total. The monoisotopic (exact) mass is 326 g/mol. The highest BCUT2D eigenvalue weighted by Gasteiger charge is 2.39. The second kappa shape index (κ2) is 5.13. The summed E-state index contributed by atoms with van der Waals surface area (Å²) in [4.78, 5) is 4.52. The molecular formula is C16H17Cl2FN2. The Labute approximate surface area is 133 Å². The van der Waals surface area contributed by atoms with Crippen molar-refractivity contribution in [2.45, 2.75) is 38.1 Å². The Balaban J connectivity index is 1.74. The molecule has 2 bridgehead atoms. The van der Waals surface area contributed by atoms with Crippen LogP contribution in [-0.2, 0) is 12.4 Å². The van der Waals surface area contributed by atoms with Crippen LogP contribution in [-0.4, -0.2) is 9.55 Å². The molecule has 0 amide bonds. The second-order valence-electron chi connectivity index (χ2n) is 6.46. The molecule has 2 aromatic rings. The summed E-state index contributed by atoms with van der Waals surface area (Å²) >= 11 is 11.9. The number of imidazole rings is 1. The largest absolute Gasteiger partial charge is 0.327 e. The predicted molar refractivity (Wildman–Crippen MR) is 83.2 cm³/mol. The van der Waals surface area contributed by atoms with E-state index < -0.39 is 0 Å². The summed E-state index contributed by atoms with van der Waals surface area (Å²) in [7, 11) is 0. The van der Waals surface area contributed by atoms with E-state index in [4.69, 9.17) is 23.2 Å². The van der Waals surface area contributed by atoms with E-state index >= 15 is 0 Å². The van der Waals surface area contributed by atoms with Crippen LogP contribution in [0.2, 0.25) is 5.02 Å². The average Bonchev–Trinajstić information content (AvgIpc) is 3.15. The van der Waals surface area contributed by atoms with Gasteiger partial charge < -0.3 is 4.57 Å². The van der Waals surface area contributed by atoms with Gasteiger partial charge in [-0.05, 0) is 43.1 Å². The molecular weight excluding hydrogens is 310 g/mol. The molecule has 2 aliphatic carbocycles. The van der Waals surface area contributed by atoms with Gasteiger partial charge in [0, 0.05) is 12.6 Å². The number of nitrogens with zero attached hydrogens (tertiary/aromatic N) is 2.